The topological polar surface area (TPSA) is 104 Å². The van der Waals surface area contributed by atoms with Crippen molar-refractivity contribution in [2.24, 2.45) is 0 Å². The highest BCUT2D eigenvalue weighted by molar-refractivity contribution is 7.85. The van der Waals surface area contributed by atoms with Gasteiger partial charge in [-0.05, 0) is 12.1 Å². The van der Waals surface area contributed by atoms with Crippen LogP contribution in [0.5, 0.6) is 0 Å². The van der Waals surface area contributed by atoms with Gasteiger partial charge in [-0.2, -0.15) is 8.42 Å². The summed E-state index contributed by atoms with van der Waals surface area (Å²) in [4.78, 5) is -0.0741. The number of rotatable bonds is 5. The van der Waals surface area contributed by atoms with E-state index in [2.05, 4.69) is 4.74 Å². The van der Waals surface area contributed by atoms with Gasteiger partial charge in [-0.25, -0.2) is 0 Å². The molecular weight excluding hydrogens is 248 g/mol. The largest absolute Gasteiger partial charge is 0.394 e. The summed E-state index contributed by atoms with van der Waals surface area (Å²) in [6.45, 7) is 0.696. The van der Waals surface area contributed by atoms with Crippen LogP contribution in [-0.4, -0.2) is 49.6 Å². The smallest absolute Gasteiger partial charge is 0.294 e. The summed E-state index contributed by atoms with van der Waals surface area (Å²) in [7, 11) is -4.00. The van der Waals surface area contributed by atoms with E-state index in [1.54, 1.807) is 18.2 Å². The third kappa shape index (κ3) is 8.78. The molecule has 1 rings (SSSR count). The zero-order valence-corrected chi connectivity index (χ0v) is 10.0. The Hall–Kier alpha value is -0.990. The van der Waals surface area contributed by atoms with Crippen molar-refractivity contribution in [1.82, 2.24) is 0 Å². The first-order valence-electron chi connectivity index (χ1n) is 4.84. The summed E-state index contributed by atoms with van der Waals surface area (Å²) in [6.07, 6.45) is 0. The van der Waals surface area contributed by atoms with Crippen LogP contribution in [0.15, 0.2) is 35.2 Å². The Labute approximate surface area is 100 Å². The number of aliphatic hydroxyl groups excluding tert-OH is 2. The molecule has 0 bridgehead atoms. The minimum atomic E-state index is -4.00. The third-order valence-electron chi connectivity index (χ3n) is 1.51. The maximum Gasteiger partial charge on any atom is 0.294 e. The summed E-state index contributed by atoms with van der Waals surface area (Å²) in [5, 5.41) is 16.2. The summed E-state index contributed by atoms with van der Waals surface area (Å²) < 4.78 is 33.9. The molecule has 0 unspecified atom stereocenters. The minimum Gasteiger partial charge on any atom is -0.394 e. The van der Waals surface area contributed by atoms with Gasteiger partial charge in [0.15, 0.2) is 0 Å². The summed E-state index contributed by atoms with van der Waals surface area (Å²) in [5.74, 6) is 0. The SMILES string of the molecule is O=S(=O)(O)c1ccccc1.OCCOCCO. The van der Waals surface area contributed by atoms with Gasteiger partial charge in [0.1, 0.15) is 0 Å². The number of aliphatic hydroxyl groups is 2. The van der Waals surface area contributed by atoms with Crippen molar-refractivity contribution < 1.29 is 27.9 Å². The molecule has 0 aromatic heterocycles. The van der Waals surface area contributed by atoms with Crippen LogP contribution in [0.1, 0.15) is 0 Å². The van der Waals surface area contributed by atoms with Gasteiger partial charge in [-0.15, -0.1) is 0 Å². The Morgan fingerprint density at radius 1 is 1.00 bits per heavy atom. The van der Waals surface area contributed by atoms with Gasteiger partial charge in [-0.3, -0.25) is 4.55 Å². The highest BCUT2D eigenvalue weighted by Crippen LogP contribution is 2.05. The molecule has 0 atom stereocenters. The van der Waals surface area contributed by atoms with Crippen molar-refractivity contribution in [2.45, 2.75) is 4.90 Å². The lowest BCUT2D eigenvalue weighted by molar-refractivity contribution is 0.0650. The van der Waals surface area contributed by atoms with Crippen LogP contribution in [-0.2, 0) is 14.9 Å². The van der Waals surface area contributed by atoms with E-state index in [4.69, 9.17) is 14.8 Å². The molecular formula is C10H16O6S. The molecule has 0 aliphatic carbocycles. The molecule has 17 heavy (non-hydrogen) atoms. The number of hydrogen-bond acceptors (Lipinski definition) is 5. The lowest BCUT2D eigenvalue weighted by Gasteiger charge is -1.94. The molecule has 0 radical (unpaired) electrons. The molecule has 1 aromatic carbocycles. The normalized spacial score (nSPS) is 10.5. The second-order valence-electron chi connectivity index (χ2n) is 2.85. The van der Waals surface area contributed by atoms with E-state index >= 15 is 0 Å². The molecule has 7 heteroatoms. The van der Waals surface area contributed by atoms with E-state index in [1.807, 2.05) is 0 Å². The lowest BCUT2D eigenvalue weighted by atomic mass is 10.4. The number of benzene rings is 1. The van der Waals surface area contributed by atoms with Crippen LogP contribution >= 0.6 is 0 Å². The van der Waals surface area contributed by atoms with Crippen LogP contribution in [0, 0.1) is 0 Å². The molecule has 0 heterocycles. The molecule has 0 saturated carbocycles. The maximum absolute atomic E-state index is 10.4. The first kappa shape index (κ1) is 16.0. The van der Waals surface area contributed by atoms with Crippen LogP contribution in [0.25, 0.3) is 0 Å². The minimum absolute atomic E-state index is 0.0278. The predicted molar refractivity (Wildman–Crippen MR) is 61.2 cm³/mol. The van der Waals surface area contributed by atoms with Crippen LogP contribution in [0.4, 0.5) is 0 Å². The van der Waals surface area contributed by atoms with Crippen molar-refractivity contribution in [1.29, 1.82) is 0 Å². The number of ether oxygens (including phenoxy) is 1. The fourth-order valence-electron chi connectivity index (χ4n) is 0.824. The van der Waals surface area contributed by atoms with Crippen LogP contribution in [0.2, 0.25) is 0 Å². The van der Waals surface area contributed by atoms with Gasteiger partial charge in [0, 0.05) is 0 Å². The maximum atomic E-state index is 10.4. The molecule has 0 amide bonds. The van der Waals surface area contributed by atoms with Crippen molar-refractivity contribution >= 4 is 10.1 Å². The Kier molecular flexibility index (Phi) is 8.55. The molecule has 6 nitrogen and oxygen atoms in total. The van der Waals surface area contributed by atoms with Crippen molar-refractivity contribution in [3.63, 3.8) is 0 Å². The molecule has 0 saturated heterocycles. The van der Waals surface area contributed by atoms with Crippen LogP contribution in [0.3, 0.4) is 0 Å². The summed E-state index contributed by atoms with van der Waals surface area (Å²) in [5.41, 5.74) is 0. The fraction of sp³-hybridized carbons (Fsp3) is 0.400. The molecule has 0 aliphatic heterocycles. The van der Waals surface area contributed by atoms with E-state index in [1.165, 1.54) is 12.1 Å². The second kappa shape index (κ2) is 9.08. The van der Waals surface area contributed by atoms with Crippen LogP contribution < -0.4 is 0 Å². The molecule has 0 aliphatic rings. The van der Waals surface area contributed by atoms with E-state index < -0.39 is 10.1 Å². The van der Waals surface area contributed by atoms with Gasteiger partial charge in [0.25, 0.3) is 10.1 Å². The Morgan fingerprint density at radius 3 is 1.76 bits per heavy atom. The Balaban J connectivity index is 0.000000325. The van der Waals surface area contributed by atoms with Gasteiger partial charge in [-0.1, -0.05) is 18.2 Å². The van der Waals surface area contributed by atoms with Gasteiger partial charge < -0.3 is 14.9 Å². The quantitative estimate of drug-likeness (QED) is 0.507. The average molecular weight is 264 g/mol. The highest BCUT2D eigenvalue weighted by Gasteiger charge is 2.05. The van der Waals surface area contributed by atoms with Crippen molar-refractivity contribution in [3.05, 3.63) is 30.3 Å². The molecule has 98 valence electrons. The summed E-state index contributed by atoms with van der Waals surface area (Å²) >= 11 is 0. The number of hydrogen-bond donors (Lipinski definition) is 3. The standard InChI is InChI=1S/C6H6O3S.C4H10O3/c7-10(8,9)6-4-2-1-3-5-6;5-1-3-7-4-2-6/h1-5H,(H,7,8,9);5-6H,1-4H2. The van der Waals surface area contributed by atoms with E-state index in [0.29, 0.717) is 13.2 Å². The molecule has 3 N–H and O–H groups in total. The van der Waals surface area contributed by atoms with Crippen molar-refractivity contribution in [2.75, 3.05) is 26.4 Å². The molecule has 1 aromatic rings. The monoisotopic (exact) mass is 264 g/mol. The lowest BCUT2D eigenvalue weighted by Crippen LogP contribution is -2.03. The van der Waals surface area contributed by atoms with E-state index in [-0.39, 0.29) is 18.1 Å². The average Bonchev–Trinajstić information content (AvgIpc) is 2.31. The van der Waals surface area contributed by atoms with Gasteiger partial charge in [0.2, 0.25) is 0 Å². The Bertz CT molecular complexity index is 371. The first-order chi connectivity index (χ1) is 8.02. The van der Waals surface area contributed by atoms with E-state index in [9.17, 15) is 8.42 Å². The van der Waals surface area contributed by atoms with Gasteiger partial charge >= 0.3 is 0 Å². The second-order valence-corrected chi connectivity index (χ2v) is 4.27. The third-order valence-corrected chi connectivity index (χ3v) is 2.38. The zero-order valence-electron chi connectivity index (χ0n) is 9.19. The highest BCUT2D eigenvalue weighted by atomic mass is 32.2. The summed E-state index contributed by atoms with van der Waals surface area (Å²) in [6, 6.07) is 7.42. The van der Waals surface area contributed by atoms with Gasteiger partial charge in [0.05, 0.1) is 31.3 Å². The predicted octanol–water partition coefficient (Wildman–Crippen LogP) is -0.0791. The zero-order chi connectivity index (χ0) is 13.1. The van der Waals surface area contributed by atoms with E-state index in [0.717, 1.165) is 0 Å². The molecule has 0 fully saturated rings. The first-order valence-corrected chi connectivity index (χ1v) is 6.28. The fourth-order valence-corrected chi connectivity index (χ4v) is 1.32. The Morgan fingerprint density at radius 2 is 1.47 bits per heavy atom. The van der Waals surface area contributed by atoms with Crippen molar-refractivity contribution in [3.8, 4) is 0 Å². The molecule has 0 spiro atoms.